The minimum Gasteiger partial charge on any atom is -0.397 e. The number of terminal acetylenes is 1. The molecule has 0 fully saturated rings. The number of rotatable bonds is 2. The fourth-order valence-electron chi connectivity index (χ4n) is 0.940. The lowest BCUT2D eigenvalue weighted by Gasteiger charge is -2.08. The third kappa shape index (κ3) is 2.86. The lowest BCUT2D eigenvalue weighted by molar-refractivity contribution is 0.0948. The Labute approximate surface area is 92.8 Å². The number of nitrogens with zero attached hydrogens (tertiary/aromatic N) is 1. The number of pyridine rings is 1. The van der Waals surface area contributed by atoms with Gasteiger partial charge < -0.3 is 11.1 Å². The first-order chi connectivity index (χ1) is 7.04. The minimum absolute atomic E-state index is 0.103. The number of halogens is 1. The van der Waals surface area contributed by atoms with Crippen LogP contribution in [0.25, 0.3) is 0 Å². The first kappa shape index (κ1) is 11.3. The zero-order valence-corrected chi connectivity index (χ0v) is 8.88. The molecule has 0 aliphatic rings. The van der Waals surface area contributed by atoms with E-state index < -0.39 is 0 Å². The second-order valence-electron chi connectivity index (χ2n) is 2.97. The number of anilines is 1. The van der Waals surface area contributed by atoms with Crippen LogP contribution in [0.15, 0.2) is 12.3 Å². The molecule has 4 nitrogen and oxygen atoms in total. The van der Waals surface area contributed by atoms with Crippen molar-refractivity contribution in [2.24, 2.45) is 0 Å². The van der Waals surface area contributed by atoms with Crippen LogP contribution in [-0.2, 0) is 0 Å². The molecule has 78 valence electrons. The molecule has 1 heterocycles. The maximum atomic E-state index is 11.6. The molecule has 0 saturated heterocycles. The molecule has 0 spiro atoms. The Morgan fingerprint density at radius 1 is 1.80 bits per heavy atom. The zero-order chi connectivity index (χ0) is 11.4. The number of hydrogen-bond donors (Lipinski definition) is 2. The van der Waals surface area contributed by atoms with Gasteiger partial charge in [0.2, 0.25) is 0 Å². The van der Waals surface area contributed by atoms with E-state index in [9.17, 15) is 4.79 Å². The second kappa shape index (κ2) is 4.67. The standard InChI is InChI=1S/C10H10ClN3O/c1-3-6(2)14-10(15)8-4-7(12)5-13-9(8)11/h1,4-6H,12H2,2H3,(H,14,15). The van der Waals surface area contributed by atoms with E-state index in [0.29, 0.717) is 5.69 Å². The lowest BCUT2D eigenvalue weighted by Crippen LogP contribution is -2.31. The summed E-state index contributed by atoms with van der Waals surface area (Å²) in [6, 6.07) is 1.09. The van der Waals surface area contributed by atoms with Gasteiger partial charge in [-0.2, -0.15) is 0 Å². The fourth-order valence-corrected chi connectivity index (χ4v) is 1.13. The topological polar surface area (TPSA) is 68.0 Å². The van der Waals surface area contributed by atoms with Crippen molar-refractivity contribution in [3.8, 4) is 12.3 Å². The molecule has 0 aliphatic carbocycles. The summed E-state index contributed by atoms with van der Waals surface area (Å²) in [4.78, 5) is 15.4. The Morgan fingerprint density at radius 3 is 3.07 bits per heavy atom. The van der Waals surface area contributed by atoms with E-state index in [4.69, 9.17) is 23.8 Å². The van der Waals surface area contributed by atoms with Gasteiger partial charge >= 0.3 is 0 Å². The number of carbonyl (C=O) groups is 1. The average molecular weight is 224 g/mol. The quantitative estimate of drug-likeness (QED) is 0.582. The largest absolute Gasteiger partial charge is 0.397 e. The lowest BCUT2D eigenvalue weighted by atomic mass is 10.2. The molecule has 1 aromatic heterocycles. The van der Waals surface area contributed by atoms with Crippen LogP contribution in [0.4, 0.5) is 5.69 Å². The van der Waals surface area contributed by atoms with Gasteiger partial charge in [0.1, 0.15) is 5.15 Å². The van der Waals surface area contributed by atoms with Crippen molar-refractivity contribution in [2.75, 3.05) is 5.73 Å². The number of nitrogens with one attached hydrogen (secondary N) is 1. The van der Waals surface area contributed by atoms with Crippen molar-refractivity contribution in [3.63, 3.8) is 0 Å². The van der Waals surface area contributed by atoms with Crippen LogP contribution in [0, 0.1) is 12.3 Å². The molecule has 0 radical (unpaired) electrons. The number of carbonyl (C=O) groups excluding carboxylic acids is 1. The van der Waals surface area contributed by atoms with Crippen LogP contribution in [-0.4, -0.2) is 16.9 Å². The molecule has 5 heteroatoms. The van der Waals surface area contributed by atoms with Crippen molar-refractivity contribution < 1.29 is 4.79 Å². The highest BCUT2D eigenvalue weighted by molar-refractivity contribution is 6.32. The van der Waals surface area contributed by atoms with Crippen LogP contribution >= 0.6 is 11.6 Å². The molecule has 0 saturated carbocycles. The van der Waals surface area contributed by atoms with E-state index in [1.807, 2.05) is 0 Å². The molecule has 1 rings (SSSR count). The van der Waals surface area contributed by atoms with Gasteiger partial charge in [-0.3, -0.25) is 4.79 Å². The number of nitrogen functional groups attached to an aromatic ring is 1. The summed E-state index contributed by atoms with van der Waals surface area (Å²) in [6.45, 7) is 1.69. The van der Waals surface area contributed by atoms with E-state index in [1.54, 1.807) is 6.92 Å². The summed E-state index contributed by atoms with van der Waals surface area (Å²) in [5, 5.41) is 2.66. The third-order valence-corrected chi connectivity index (χ3v) is 2.00. The summed E-state index contributed by atoms with van der Waals surface area (Å²) in [5.74, 6) is 1.99. The number of amides is 1. The predicted octanol–water partition coefficient (Wildman–Crippen LogP) is 1.07. The van der Waals surface area contributed by atoms with E-state index in [2.05, 4.69) is 16.2 Å². The van der Waals surface area contributed by atoms with Gasteiger partial charge in [-0.05, 0) is 13.0 Å². The molecule has 0 aliphatic heterocycles. The highest BCUT2D eigenvalue weighted by atomic mass is 35.5. The van der Waals surface area contributed by atoms with E-state index in [1.165, 1.54) is 12.3 Å². The normalized spacial score (nSPS) is 11.5. The summed E-state index contributed by atoms with van der Waals surface area (Å²) in [6.07, 6.45) is 6.51. The highest BCUT2D eigenvalue weighted by Gasteiger charge is 2.13. The smallest absolute Gasteiger partial charge is 0.255 e. The molecular formula is C10H10ClN3O. The summed E-state index contributed by atoms with van der Waals surface area (Å²) < 4.78 is 0. The predicted molar refractivity (Wildman–Crippen MR) is 59.4 cm³/mol. The zero-order valence-electron chi connectivity index (χ0n) is 8.12. The van der Waals surface area contributed by atoms with Gasteiger partial charge in [0.25, 0.3) is 5.91 Å². The molecule has 0 aromatic carbocycles. The van der Waals surface area contributed by atoms with Crippen molar-refractivity contribution >= 4 is 23.2 Å². The number of nitrogens with two attached hydrogens (primary N) is 1. The van der Waals surface area contributed by atoms with Crippen molar-refractivity contribution in [1.82, 2.24) is 10.3 Å². The molecule has 15 heavy (non-hydrogen) atoms. The van der Waals surface area contributed by atoms with Crippen LogP contribution in [0.3, 0.4) is 0 Å². The minimum atomic E-state index is -0.384. The van der Waals surface area contributed by atoms with Crippen LogP contribution in [0.2, 0.25) is 5.15 Å². The molecule has 1 amide bonds. The van der Waals surface area contributed by atoms with E-state index in [-0.39, 0.29) is 22.7 Å². The van der Waals surface area contributed by atoms with Crippen LogP contribution in [0.1, 0.15) is 17.3 Å². The number of aromatic nitrogens is 1. The van der Waals surface area contributed by atoms with Crippen LogP contribution in [0.5, 0.6) is 0 Å². The van der Waals surface area contributed by atoms with Gasteiger partial charge in [0, 0.05) is 0 Å². The molecule has 3 N–H and O–H groups in total. The Bertz CT molecular complexity index is 425. The van der Waals surface area contributed by atoms with E-state index >= 15 is 0 Å². The van der Waals surface area contributed by atoms with Gasteiger partial charge in [0.05, 0.1) is 23.5 Å². The van der Waals surface area contributed by atoms with Crippen molar-refractivity contribution in [1.29, 1.82) is 0 Å². The summed E-state index contributed by atoms with van der Waals surface area (Å²) in [5.41, 5.74) is 6.08. The third-order valence-electron chi connectivity index (χ3n) is 1.70. The number of hydrogen-bond acceptors (Lipinski definition) is 3. The average Bonchev–Trinajstić information content (AvgIpc) is 2.21. The molecule has 0 bridgehead atoms. The van der Waals surface area contributed by atoms with E-state index in [0.717, 1.165) is 0 Å². The highest BCUT2D eigenvalue weighted by Crippen LogP contribution is 2.15. The SMILES string of the molecule is C#CC(C)NC(=O)c1cc(N)cnc1Cl. The van der Waals surface area contributed by atoms with Gasteiger partial charge in [0.15, 0.2) is 0 Å². The second-order valence-corrected chi connectivity index (χ2v) is 3.33. The Kier molecular flexibility index (Phi) is 3.53. The van der Waals surface area contributed by atoms with Gasteiger partial charge in [-0.25, -0.2) is 4.98 Å². The summed E-state index contributed by atoms with van der Waals surface area (Å²) >= 11 is 5.74. The van der Waals surface area contributed by atoms with Crippen molar-refractivity contribution in [2.45, 2.75) is 13.0 Å². The summed E-state index contributed by atoms with van der Waals surface area (Å²) in [7, 11) is 0. The molecule has 1 atom stereocenters. The van der Waals surface area contributed by atoms with Gasteiger partial charge in [-0.1, -0.05) is 17.5 Å². The maximum Gasteiger partial charge on any atom is 0.255 e. The van der Waals surface area contributed by atoms with Crippen molar-refractivity contribution in [3.05, 3.63) is 23.0 Å². The first-order valence-electron chi connectivity index (χ1n) is 4.22. The maximum absolute atomic E-state index is 11.6. The van der Waals surface area contributed by atoms with Crippen LogP contribution < -0.4 is 11.1 Å². The monoisotopic (exact) mass is 223 g/mol. The Balaban J connectivity index is 2.92. The van der Waals surface area contributed by atoms with Gasteiger partial charge in [-0.15, -0.1) is 6.42 Å². The first-order valence-corrected chi connectivity index (χ1v) is 4.60. The molecule has 1 unspecified atom stereocenters. The molecule has 1 aromatic rings. The molecular weight excluding hydrogens is 214 g/mol. The Morgan fingerprint density at radius 2 is 2.47 bits per heavy atom. The fraction of sp³-hybridized carbons (Fsp3) is 0.200. The Hall–Kier alpha value is -1.73.